The van der Waals surface area contributed by atoms with Crippen molar-refractivity contribution in [1.29, 1.82) is 5.26 Å². The van der Waals surface area contributed by atoms with E-state index in [1.807, 2.05) is 0 Å². The highest BCUT2D eigenvalue weighted by Crippen LogP contribution is 2.35. The molecule has 0 heterocycles. The molecule has 0 fully saturated rings. The molecule has 0 N–H and O–H groups in total. The molecular formula is C15H16ClNO5. The fraction of sp³-hybridized carbons (Fsp3) is 0.400. The lowest BCUT2D eigenvalue weighted by molar-refractivity contribution is -0.163. The lowest BCUT2D eigenvalue weighted by atomic mass is 9.82. The molecule has 0 saturated carbocycles. The van der Waals surface area contributed by atoms with E-state index < -0.39 is 17.4 Å². The monoisotopic (exact) mass is 325 g/mol. The Morgan fingerprint density at radius 3 is 2.18 bits per heavy atom. The number of hydrogen-bond donors (Lipinski definition) is 0. The zero-order valence-corrected chi connectivity index (χ0v) is 13.3. The number of carbonyl (C=O) groups excluding carboxylic acids is 2. The highest BCUT2D eigenvalue weighted by atomic mass is 35.5. The van der Waals surface area contributed by atoms with E-state index in [9.17, 15) is 9.59 Å². The molecule has 1 aromatic rings. The van der Waals surface area contributed by atoms with Crippen molar-refractivity contribution in [3.63, 3.8) is 0 Å². The molecule has 6 nitrogen and oxygen atoms in total. The maximum atomic E-state index is 12.3. The fourth-order valence-corrected chi connectivity index (χ4v) is 2.23. The number of esters is 2. The van der Waals surface area contributed by atoms with Crippen LogP contribution >= 0.6 is 11.6 Å². The van der Waals surface area contributed by atoms with Crippen LogP contribution in [-0.2, 0) is 24.5 Å². The fourth-order valence-electron chi connectivity index (χ4n) is 1.87. The number of carbonyl (C=O) groups is 2. The van der Waals surface area contributed by atoms with Gasteiger partial charge in [-0.05, 0) is 32.4 Å². The summed E-state index contributed by atoms with van der Waals surface area (Å²) in [6, 6.07) is 4.21. The minimum atomic E-state index is -1.70. The Balaban J connectivity index is 3.36. The van der Waals surface area contributed by atoms with Gasteiger partial charge in [0.2, 0.25) is 0 Å². The Labute approximate surface area is 133 Å². The van der Waals surface area contributed by atoms with E-state index in [2.05, 4.69) is 4.74 Å². The maximum Gasteiger partial charge on any atom is 0.327 e. The Kier molecular flexibility index (Phi) is 6.20. The minimum absolute atomic E-state index is 0.0938. The number of hydrogen-bond acceptors (Lipinski definition) is 6. The molecule has 0 aliphatic rings. The summed E-state index contributed by atoms with van der Waals surface area (Å²) < 4.78 is 14.6. The summed E-state index contributed by atoms with van der Waals surface area (Å²) in [5.74, 6) is -1.32. The van der Waals surface area contributed by atoms with E-state index in [4.69, 9.17) is 26.3 Å². The molecule has 1 aromatic carbocycles. The number of ether oxygens (including phenoxy) is 3. The summed E-state index contributed by atoms with van der Waals surface area (Å²) in [5, 5.41) is 8.59. The molecule has 0 aliphatic carbocycles. The molecule has 0 aliphatic heterocycles. The second-order valence-electron chi connectivity index (χ2n) is 4.40. The van der Waals surface area contributed by atoms with Crippen molar-refractivity contribution >= 4 is 23.5 Å². The van der Waals surface area contributed by atoms with Crippen LogP contribution in [0, 0.1) is 11.5 Å². The highest BCUT2D eigenvalue weighted by molar-refractivity contribution is 6.32. The molecule has 22 heavy (non-hydrogen) atoms. The zero-order valence-electron chi connectivity index (χ0n) is 12.5. The number of nitriles is 1. The standard InChI is InChI=1S/C15H16ClNO5/c1-4-20-13(18)15(3,14(19)21-5-2)11-7-6-10(22-9-17)8-12(11)16/h6-8H,4-5H2,1-3H3. The highest BCUT2D eigenvalue weighted by Gasteiger charge is 2.47. The van der Waals surface area contributed by atoms with Gasteiger partial charge in [0.25, 0.3) is 6.26 Å². The molecule has 0 unspecified atom stereocenters. The van der Waals surface area contributed by atoms with Crippen LogP contribution in [0.4, 0.5) is 0 Å². The molecule has 1 rings (SSSR count). The molecule has 0 amide bonds. The van der Waals surface area contributed by atoms with Crippen molar-refractivity contribution in [2.45, 2.75) is 26.2 Å². The van der Waals surface area contributed by atoms with E-state index in [1.165, 1.54) is 31.4 Å². The SMILES string of the molecule is CCOC(=O)C(C)(C(=O)OCC)c1ccc(OC#N)cc1Cl. The first-order valence-corrected chi connectivity index (χ1v) is 6.99. The van der Waals surface area contributed by atoms with Crippen LogP contribution in [0.3, 0.4) is 0 Å². The van der Waals surface area contributed by atoms with E-state index in [-0.39, 0.29) is 29.5 Å². The van der Waals surface area contributed by atoms with Gasteiger partial charge in [-0.15, -0.1) is 5.26 Å². The lowest BCUT2D eigenvalue weighted by Gasteiger charge is -2.26. The molecular weight excluding hydrogens is 310 g/mol. The second-order valence-corrected chi connectivity index (χ2v) is 4.81. The van der Waals surface area contributed by atoms with Gasteiger partial charge in [-0.1, -0.05) is 17.7 Å². The molecule has 0 bridgehead atoms. The summed E-state index contributed by atoms with van der Waals surface area (Å²) in [5.41, 5.74) is -1.48. The molecule has 7 heteroatoms. The third-order valence-corrected chi connectivity index (χ3v) is 3.32. The van der Waals surface area contributed by atoms with E-state index in [0.717, 1.165) is 0 Å². The number of nitrogens with zero attached hydrogens (tertiary/aromatic N) is 1. The molecule has 118 valence electrons. The van der Waals surface area contributed by atoms with Crippen LogP contribution in [-0.4, -0.2) is 25.2 Å². The average molecular weight is 326 g/mol. The van der Waals surface area contributed by atoms with Gasteiger partial charge in [0.15, 0.2) is 5.41 Å². The zero-order chi connectivity index (χ0) is 16.8. The van der Waals surface area contributed by atoms with Crippen molar-refractivity contribution in [2.24, 2.45) is 0 Å². The first-order chi connectivity index (χ1) is 10.4. The van der Waals surface area contributed by atoms with Crippen LogP contribution < -0.4 is 4.74 Å². The van der Waals surface area contributed by atoms with Gasteiger partial charge >= 0.3 is 11.9 Å². The minimum Gasteiger partial charge on any atom is -0.465 e. The van der Waals surface area contributed by atoms with Crippen LogP contribution in [0.5, 0.6) is 5.75 Å². The molecule has 0 saturated heterocycles. The summed E-state index contributed by atoms with van der Waals surface area (Å²) in [6.07, 6.45) is 1.51. The van der Waals surface area contributed by atoms with Crippen molar-refractivity contribution in [1.82, 2.24) is 0 Å². The third kappa shape index (κ3) is 3.49. The lowest BCUT2D eigenvalue weighted by Crippen LogP contribution is -2.43. The largest absolute Gasteiger partial charge is 0.465 e. The average Bonchev–Trinajstić information content (AvgIpc) is 2.47. The van der Waals surface area contributed by atoms with E-state index in [0.29, 0.717) is 0 Å². The first kappa shape index (κ1) is 17.8. The van der Waals surface area contributed by atoms with Gasteiger partial charge in [0.05, 0.1) is 13.2 Å². The second kappa shape index (κ2) is 7.66. The molecule has 0 spiro atoms. The first-order valence-electron chi connectivity index (χ1n) is 6.62. The number of halogens is 1. The summed E-state index contributed by atoms with van der Waals surface area (Å²) >= 11 is 6.13. The van der Waals surface area contributed by atoms with Gasteiger partial charge in [-0.25, -0.2) is 0 Å². The van der Waals surface area contributed by atoms with Crippen LogP contribution in [0.25, 0.3) is 0 Å². The molecule has 0 atom stereocenters. The van der Waals surface area contributed by atoms with Crippen molar-refractivity contribution in [2.75, 3.05) is 13.2 Å². The summed E-state index contributed by atoms with van der Waals surface area (Å²) in [7, 11) is 0. The molecule has 0 aromatic heterocycles. The Morgan fingerprint density at radius 1 is 1.23 bits per heavy atom. The maximum absolute atomic E-state index is 12.3. The normalized spacial score (nSPS) is 10.5. The van der Waals surface area contributed by atoms with Crippen LogP contribution in [0.15, 0.2) is 18.2 Å². The predicted octanol–water partition coefficient (Wildman–Crippen LogP) is 2.58. The topological polar surface area (TPSA) is 85.6 Å². The summed E-state index contributed by atoms with van der Waals surface area (Å²) in [6.45, 7) is 4.88. The Hall–Kier alpha value is -2.26. The number of benzene rings is 1. The van der Waals surface area contributed by atoms with Gasteiger partial charge < -0.3 is 14.2 Å². The van der Waals surface area contributed by atoms with Crippen molar-refractivity contribution in [3.8, 4) is 12.0 Å². The smallest absolute Gasteiger partial charge is 0.327 e. The van der Waals surface area contributed by atoms with Gasteiger partial charge in [-0.2, -0.15) is 0 Å². The Morgan fingerprint density at radius 2 is 1.77 bits per heavy atom. The van der Waals surface area contributed by atoms with Crippen molar-refractivity contribution < 1.29 is 23.8 Å². The van der Waals surface area contributed by atoms with Gasteiger partial charge in [0, 0.05) is 11.1 Å². The Bertz CT molecular complexity index is 590. The quantitative estimate of drug-likeness (QED) is 0.454. The van der Waals surface area contributed by atoms with Crippen molar-refractivity contribution in [3.05, 3.63) is 28.8 Å². The molecule has 0 radical (unpaired) electrons. The predicted molar refractivity (Wildman–Crippen MR) is 78.3 cm³/mol. The van der Waals surface area contributed by atoms with Crippen LogP contribution in [0.1, 0.15) is 26.3 Å². The van der Waals surface area contributed by atoms with Crippen LogP contribution in [0.2, 0.25) is 5.02 Å². The van der Waals surface area contributed by atoms with Gasteiger partial charge in [0.1, 0.15) is 5.75 Å². The van der Waals surface area contributed by atoms with E-state index >= 15 is 0 Å². The third-order valence-electron chi connectivity index (χ3n) is 3.01. The number of rotatable bonds is 6. The summed E-state index contributed by atoms with van der Waals surface area (Å²) in [4.78, 5) is 24.6. The van der Waals surface area contributed by atoms with E-state index in [1.54, 1.807) is 13.8 Å². The van der Waals surface area contributed by atoms with Gasteiger partial charge in [-0.3, -0.25) is 9.59 Å².